The van der Waals surface area contributed by atoms with E-state index in [1.165, 1.54) is 0 Å². The van der Waals surface area contributed by atoms with Crippen molar-refractivity contribution in [3.63, 3.8) is 0 Å². The van der Waals surface area contributed by atoms with Gasteiger partial charge in [-0.05, 0) is 13.0 Å². The number of hydrogen-bond acceptors (Lipinski definition) is 2. The normalized spacial score (nSPS) is 29.3. The molecule has 62 valence electrons. The Morgan fingerprint density at radius 1 is 1.55 bits per heavy atom. The summed E-state index contributed by atoms with van der Waals surface area (Å²) >= 11 is 6.87. The minimum atomic E-state index is -0.372. The first kappa shape index (κ1) is 9.29. The second-order valence-electron chi connectivity index (χ2n) is 2.68. The summed E-state index contributed by atoms with van der Waals surface area (Å²) in [6.07, 6.45) is 3.87. The van der Waals surface area contributed by atoms with Crippen molar-refractivity contribution in [2.24, 2.45) is 11.5 Å². The highest BCUT2D eigenvalue weighted by molar-refractivity contribution is 9.25. The van der Waals surface area contributed by atoms with Gasteiger partial charge in [-0.2, -0.15) is 0 Å². The molecule has 0 spiro atoms. The molecule has 4 heteroatoms. The first-order valence-corrected chi connectivity index (χ1v) is 4.82. The lowest BCUT2D eigenvalue weighted by molar-refractivity contribution is 0.753. The molecule has 0 amide bonds. The quantitative estimate of drug-likeness (QED) is 0.663. The summed E-state index contributed by atoms with van der Waals surface area (Å²) in [4.78, 5) is 0. The van der Waals surface area contributed by atoms with Crippen LogP contribution in [-0.4, -0.2) is 9.28 Å². The molecule has 1 atom stereocenters. The monoisotopic (exact) mass is 280 g/mol. The van der Waals surface area contributed by atoms with Crippen LogP contribution in [0.2, 0.25) is 0 Å². The van der Waals surface area contributed by atoms with E-state index >= 15 is 0 Å². The molecule has 0 aromatic rings. The Hall–Kier alpha value is 0.200. The van der Waals surface area contributed by atoms with E-state index in [0.29, 0.717) is 5.70 Å². The number of halogens is 2. The summed E-state index contributed by atoms with van der Waals surface area (Å²) in [5.41, 5.74) is 13.3. The van der Waals surface area contributed by atoms with Crippen LogP contribution >= 0.6 is 31.9 Å². The molecule has 0 radical (unpaired) electrons. The van der Waals surface area contributed by atoms with Crippen molar-refractivity contribution in [2.45, 2.75) is 16.2 Å². The lowest BCUT2D eigenvalue weighted by Crippen LogP contribution is -2.43. The van der Waals surface area contributed by atoms with E-state index in [1.807, 2.05) is 19.1 Å². The minimum absolute atomic E-state index is 0.203. The number of nitrogens with two attached hydrogens (primary N) is 2. The number of rotatable bonds is 0. The average Bonchev–Trinajstić information content (AvgIpc) is 1.81. The molecule has 1 aliphatic rings. The third-order valence-electron chi connectivity index (χ3n) is 1.59. The Morgan fingerprint density at radius 2 is 2.09 bits per heavy atom. The molecule has 1 rings (SSSR count). The summed E-state index contributed by atoms with van der Waals surface area (Å²) < 4.78 is -0.372. The Kier molecular flexibility index (Phi) is 2.46. The highest BCUT2D eigenvalue weighted by Crippen LogP contribution is 2.36. The topological polar surface area (TPSA) is 52.0 Å². The average molecular weight is 282 g/mol. The highest BCUT2D eigenvalue weighted by atomic mass is 79.9. The van der Waals surface area contributed by atoms with Crippen LogP contribution in [-0.2, 0) is 0 Å². The third kappa shape index (κ3) is 1.86. The van der Waals surface area contributed by atoms with Crippen LogP contribution in [0.25, 0.3) is 0 Å². The maximum atomic E-state index is 5.79. The predicted molar refractivity (Wildman–Crippen MR) is 54.6 cm³/mol. The molecule has 0 aliphatic heterocycles. The molecule has 2 nitrogen and oxygen atoms in total. The molecule has 0 saturated carbocycles. The lowest BCUT2D eigenvalue weighted by Gasteiger charge is -2.28. The zero-order valence-electron chi connectivity index (χ0n) is 6.14. The molecular weight excluding hydrogens is 272 g/mol. The Bertz CT molecular complexity index is 231. The van der Waals surface area contributed by atoms with E-state index in [4.69, 9.17) is 11.5 Å². The molecule has 0 aromatic heterocycles. The molecule has 4 N–H and O–H groups in total. The van der Waals surface area contributed by atoms with Crippen molar-refractivity contribution in [1.29, 1.82) is 0 Å². The molecule has 11 heavy (non-hydrogen) atoms. The van der Waals surface area contributed by atoms with Crippen LogP contribution in [0.3, 0.4) is 0 Å². The van der Waals surface area contributed by atoms with Gasteiger partial charge >= 0.3 is 0 Å². The van der Waals surface area contributed by atoms with E-state index in [0.717, 1.165) is 5.57 Å². The van der Waals surface area contributed by atoms with E-state index in [9.17, 15) is 0 Å². The van der Waals surface area contributed by atoms with Crippen LogP contribution in [0.1, 0.15) is 6.92 Å². The van der Waals surface area contributed by atoms with Gasteiger partial charge in [-0.3, -0.25) is 0 Å². The van der Waals surface area contributed by atoms with Gasteiger partial charge in [0.05, 0.1) is 6.04 Å². The highest BCUT2D eigenvalue weighted by Gasteiger charge is 2.32. The van der Waals surface area contributed by atoms with Crippen LogP contribution in [0, 0.1) is 0 Å². The van der Waals surface area contributed by atoms with Gasteiger partial charge < -0.3 is 11.5 Å². The summed E-state index contributed by atoms with van der Waals surface area (Å²) in [5.74, 6) is 0. The predicted octanol–water partition coefficient (Wildman–Crippen LogP) is 1.60. The van der Waals surface area contributed by atoms with E-state index in [-0.39, 0.29) is 9.28 Å². The van der Waals surface area contributed by atoms with Crippen LogP contribution in [0.5, 0.6) is 0 Å². The molecular formula is C7H10Br2N2. The molecule has 1 aliphatic carbocycles. The Balaban J connectivity index is 3.01. The van der Waals surface area contributed by atoms with Crippen molar-refractivity contribution in [2.75, 3.05) is 0 Å². The van der Waals surface area contributed by atoms with Crippen molar-refractivity contribution in [3.8, 4) is 0 Å². The first-order chi connectivity index (χ1) is 4.93. The number of allylic oxidation sites excluding steroid dienone is 2. The van der Waals surface area contributed by atoms with Crippen LogP contribution in [0.15, 0.2) is 23.4 Å². The molecule has 0 aromatic carbocycles. The van der Waals surface area contributed by atoms with Gasteiger partial charge in [0.1, 0.15) is 3.23 Å². The fourth-order valence-corrected chi connectivity index (χ4v) is 2.26. The standard InChI is InChI=1S/C7H10Br2N2/c1-4-2-5(10)6(11)7(8,9)3-4/h2-3,6H,10-11H2,1H3. The second kappa shape index (κ2) is 2.92. The zero-order chi connectivity index (χ0) is 8.65. The smallest absolute Gasteiger partial charge is 0.119 e. The molecule has 0 heterocycles. The Morgan fingerprint density at radius 3 is 2.55 bits per heavy atom. The van der Waals surface area contributed by atoms with Gasteiger partial charge in [0.15, 0.2) is 0 Å². The fraction of sp³-hybridized carbons (Fsp3) is 0.429. The van der Waals surface area contributed by atoms with E-state index in [2.05, 4.69) is 31.9 Å². The molecule has 1 unspecified atom stereocenters. The minimum Gasteiger partial charge on any atom is -0.401 e. The van der Waals surface area contributed by atoms with Gasteiger partial charge in [-0.1, -0.05) is 43.5 Å². The van der Waals surface area contributed by atoms with Crippen LogP contribution in [0.4, 0.5) is 0 Å². The Labute approximate surface area is 83.0 Å². The summed E-state index contributed by atoms with van der Waals surface area (Å²) in [5, 5.41) is 0. The fourth-order valence-electron chi connectivity index (χ4n) is 1.01. The first-order valence-electron chi connectivity index (χ1n) is 3.23. The summed E-state index contributed by atoms with van der Waals surface area (Å²) in [6, 6.07) is -0.203. The van der Waals surface area contributed by atoms with Crippen molar-refractivity contribution in [1.82, 2.24) is 0 Å². The van der Waals surface area contributed by atoms with Crippen LogP contribution < -0.4 is 11.5 Å². The SMILES string of the molecule is CC1=CC(Br)(Br)C(N)C(N)=C1. The van der Waals surface area contributed by atoms with Gasteiger partial charge in [0.2, 0.25) is 0 Å². The van der Waals surface area contributed by atoms with Gasteiger partial charge in [-0.25, -0.2) is 0 Å². The number of alkyl halides is 2. The third-order valence-corrected chi connectivity index (χ3v) is 3.03. The van der Waals surface area contributed by atoms with E-state index < -0.39 is 0 Å². The maximum absolute atomic E-state index is 5.79. The lowest BCUT2D eigenvalue weighted by atomic mass is 10.0. The van der Waals surface area contributed by atoms with Crippen molar-refractivity contribution in [3.05, 3.63) is 23.4 Å². The number of hydrogen-bond donors (Lipinski definition) is 2. The largest absolute Gasteiger partial charge is 0.401 e. The van der Waals surface area contributed by atoms with E-state index in [1.54, 1.807) is 0 Å². The molecule has 0 saturated heterocycles. The van der Waals surface area contributed by atoms with Gasteiger partial charge in [-0.15, -0.1) is 0 Å². The zero-order valence-corrected chi connectivity index (χ0v) is 9.31. The maximum Gasteiger partial charge on any atom is 0.119 e. The molecule has 0 bridgehead atoms. The second-order valence-corrected chi connectivity index (χ2v) is 6.37. The van der Waals surface area contributed by atoms with Gasteiger partial charge in [0, 0.05) is 5.70 Å². The summed E-state index contributed by atoms with van der Waals surface area (Å²) in [6.45, 7) is 1.98. The van der Waals surface area contributed by atoms with Gasteiger partial charge in [0.25, 0.3) is 0 Å². The summed E-state index contributed by atoms with van der Waals surface area (Å²) in [7, 11) is 0. The molecule has 0 fully saturated rings. The van der Waals surface area contributed by atoms with Crippen molar-refractivity contribution < 1.29 is 0 Å². The van der Waals surface area contributed by atoms with Crippen molar-refractivity contribution >= 4 is 31.9 Å².